The fraction of sp³-hybridized carbons (Fsp3) is 0.500. The van der Waals surface area contributed by atoms with Crippen LogP contribution in [-0.2, 0) is 6.54 Å². The van der Waals surface area contributed by atoms with Crippen LogP contribution in [0.2, 0.25) is 0 Å². The molecule has 16 heavy (non-hydrogen) atoms. The summed E-state index contributed by atoms with van der Waals surface area (Å²) in [6.45, 7) is 4.24. The number of aliphatic hydroxyl groups excluding tert-OH is 1. The maximum atomic E-state index is 13.3. The Balaban J connectivity index is 2.61. The lowest BCUT2D eigenvalue weighted by Crippen LogP contribution is -2.39. The van der Waals surface area contributed by atoms with Gasteiger partial charge in [0.1, 0.15) is 11.6 Å². The SMILES string of the molecule is CC(C)(CCO)NCc1ccc(F)cc1F. The van der Waals surface area contributed by atoms with Crippen molar-refractivity contribution in [2.45, 2.75) is 32.4 Å². The van der Waals surface area contributed by atoms with Crippen molar-refractivity contribution in [1.29, 1.82) is 0 Å². The molecule has 0 saturated carbocycles. The molecule has 0 fully saturated rings. The standard InChI is InChI=1S/C12H17F2NO/c1-12(2,5-6-16)15-8-9-3-4-10(13)7-11(9)14/h3-4,7,15-16H,5-6,8H2,1-2H3. The summed E-state index contributed by atoms with van der Waals surface area (Å²) in [6.07, 6.45) is 0.579. The van der Waals surface area contributed by atoms with E-state index < -0.39 is 11.6 Å². The van der Waals surface area contributed by atoms with Crippen molar-refractivity contribution in [2.24, 2.45) is 0 Å². The lowest BCUT2D eigenvalue weighted by Gasteiger charge is -2.25. The average Bonchev–Trinajstić information content (AvgIpc) is 2.16. The fourth-order valence-corrected chi connectivity index (χ4v) is 1.37. The molecule has 0 atom stereocenters. The van der Waals surface area contributed by atoms with Gasteiger partial charge in [-0.25, -0.2) is 8.78 Å². The summed E-state index contributed by atoms with van der Waals surface area (Å²) >= 11 is 0. The molecule has 1 aromatic rings. The molecular weight excluding hydrogens is 212 g/mol. The first-order valence-electron chi connectivity index (χ1n) is 5.24. The first-order chi connectivity index (χ1) is 7.44. The van der Waals surface area contributed by atoms with Crippen molar-refractivity contribution < 1.29 is 13.9 Å². The Morgan fingerprint density at radius 1 is 1.31 bits per heavy atom. The fourth-order valence-electron chi connectivity index (χ4n) is 1.37. The number of aliphatic hydroxyl groups is 1. The molecule has 1 rings (SSSR count). The van der Waals surface area contributed by atoms with Crippen molar-refractivity contribution in [1.82, 2.24) is 5.32 Å². The predicted molar refractivity (Wildman–Crippen MR) is 59.0 cm³/mol. The molecular formula is C12H17F2NO. The van der Waals surface area contributed by atoms with Crippen LogP contribution in [0.5, 0.6) is 0 Å². The Bertz CT molecular complexity index is 353. The average molecular weight is 229 g/mol. The summed E-state index contributed by atoms with van der Waals surface area (Å²) in [6, 6.07) is 3.53. The van der Waals surface area contributed by atoms with Gasteiger partial charge in [-0.2, -0.15) is 0 Å². The van der Waals surface area contributed by atoms with E-state index >= 15 is 0 Å². The molecule has 0 aliphatic heterocycles. The largest absolute Gasteiger partial charge is 0.396 e. The van der Waals surface area contributed by atoms with Crippen molar-refractivity contribution in [2.75, 3.05) is 6.61 Å². The molecule has 0 radical (unpaired) electrons. The Labute approximate surface area is 94.3 Å². The van der Waals surface area contributed by atoms with Crippen LogP contribution in [-0.4, -0.2) is 17.3 Å². The Morgan fingerprint density at radius 3 is 2.56 bits per heavy atom. The maximum Gasteiger partial charge on any atom is 0.130 e. The lowest BCUT2D eigenvalue weighted by molar-refractivity contribution is 0.229. The highest BCUT2D eigenvalue weighted by Crippen LogP contribution is 2.13. The zero-order valence-electron chi connectivity index (χ0n) is 9.56. The first kappa shape index (κ1) is 13.1. The van der Waals surface area contributed by atoms with Gasteiger partial charge in [-0.05, 0) is 26.3 Å². The predicted octanol–water partition coefficient (Wildman–Crippen LogP) is 2.22. The van der Waals surface area contributed by atoms with E-state index in [4.69, 9.17) is 5.11 Å². The molecule has 2 N–H and O–H groups in total. The van der Waals surface area contributed by atoms with Gasteiger partial charge in [-0.3, -0.25) is 0 Å². The number of nitrogens with one attached hydrogen (secondary N) is 1. The summed E-state index contributed by atoms with van der Waals surface area (Å²) in [5.41, 5.74) is 0.155. The molecule has 0 unspecified atom stereocenters. The van der Waals surface area contributed by atoms with Gasteiger partial charge in [0.25, 0.3) is 0 Å². The van der Waals surface area contributed by atoms with E-state index in [1.165, 1.54) is 12.1 Å². The highest BCUT2D eigenvalue weighted by atomic mass is 19.1. The van der Waals surface area contributed by atoms with E-state index in [1.807, 2.05) is 13.8 Å². The zero-order valence-corrected chi connectivity index (χ0v) is 9.56. The normalized spacial score (nSPS) is 11.8. The Morgan fingerprint density at radius 2 is 2.00 bits per heavy atom. The van der Waals surface area contributed by atoms with Crippen LogP contribution in [0.25, 0.3) is 0 Å². The summed E-state index contributed by atoms with van der Waals surface area (Å²) < 4.78 is 25.9. The molecule has 4 heteroatoms. The van der Waals surface area contributed by atoms with E-state index in [2.05, 4.69) is 5.32 Å². The highest BCUT2D eigenvalue weighted by Gasteiger charge is 2.16. The number of hydrogen-bond acceptors (Lipinski definition) is 2. The van der Waals surface area contributed by atoms with E-state index in [-0.39, 0.29) is 12.1 Å². The third-order valence-corrected chi connectivity index (χ3v) is 2.51. The summed E-state index contributed by atoms with van der Waals surface area (Å²) in [5, 5.41) is 11.9. The van der Waals surface area contributed by atoms with Crippen LogP contribution in [0.1, 0.15) is 25.8 Å². The van der Waals surface area contributed by atoms with Crippen molar-refractivity contribution in [3.05, 3.63) is 35.4 Å². The molecule has 1 aromatic carbocycles. The Hall–Kier alpha value is -1.00. The number of halogens is 2. The van der Waals surface area contributed by atoms with Crippen molar-refractivity contribution in [3.63, 3.8) is 0 Å². The van der Waals surface area contributed by atoms with Crippen LogP contribution in [0.4, 0.5) is 8.78 Å². The Kier molecular flexibility index (Phi) is 4.38. The van der Waals surface area contributed by atoms with Gasteiger partial charge in [0.05, 0.1) is 0 Å². The summed E-state index contributed by atoms with van der Waals surface area (Å²) in [4.78, 5) is 0. The van der Waals surface area contributed by atoms with E-state index in [9.17, 15) is 8.78 Å². The van der Waals surface area contributed by atoms with Gasteiger partial charge in [-0.15, -0.1) is 0 Å². The number of rotatable bonds is 5. The van der Waals surface area contributed by atoms with Gasteiger partial charge in [0.2, 0.25) is 0 Å². The minimum Gasteiger partial charge on any atom is -0.396 e. The van der Waals surface area contributed by atoms with Crippen LogP contribution in [0, 0.1) is 11.6 Å². The molecule has 0 spiro atoms. The van der Waals surface area contributed by atoms with E-state index in [0.29, 0.717) is 18.5 Å². The topological polar surface area (TPSA) is 32.3 Å². The summed E-state index contributed by atoms with van der Waals surface area (Å²) in [7, 11) is 0. The second-order valence-electron chi connectivity index (χ2n) is 4.45. The van der Waals surface area contributed by atoms with Crippen molar-refractivity contribution in [3.8, 4) is 0 Å². The van der Waals surface area contributed by atoms with Gasteiger partial charge >= 0.3 is 0 Å². The van der Waals surface area contributed by atoms with E-state index in [1.54, 1.807) is 0 Å². The van der Waals surface area contributed by atoms with Gasteiger partial charge in [-0.1, -0.05) is 6.07 Å². The number of benzene rings is 1. The van der Waals surface area contributed by atoms with E-state index in [0.717, 1.165) is 6.07 Å². The summed E-state index contributed by atoms with van der Waals surface area (Å²) in [5.74, 6) is -1.12. The lowest BCUT2D eigenvalue weighted by atomic mass is 10.0. The molecule has 0 aliphatic rings. The van der Waals surface area contributed by atoms with Crippen LogP contribution in [0.3, 0.4) is 0 Å². The monoisotopic (exact) mass is 229 g/mol. The molecule has 2 nitrogen and oxygen atoms in total. The molecule has 0 heterocycles. The number of hydrogen-bond donors (Lipinski definition) is 2. The minimum atomic E-state index is -0.573. The highest BCUT2D eigenvalue weighted by molar-refractivity contribution is 5.18. The molecule has 0 amide bonds. The maximum absolute atomic E-state index is 13.3. The van der Waals surface area contributed by atoms with Crippen LogP contribution < -0.4 is 5.32 Å². The third kappa shape index (κ3) is 3.87. The quantitative estimate of drug-likeness (QED) is 0.811. The van der Waals surface area contributed by atoms with Gasteiger partial charge < -0.3 is 10.4 Å². The smallest absolute Gasteiger partial charge is 0.130 e. The van der Waals surface area contributed by atoms with Crippen LogP contribution in [0.15, 0.2) is 18.2 Å². The zero-order chi connectivity index (χ0) is 12.2. The molecule has 0 aromatic heterocycles. The second kappa shape index (κ2) is 5.37. The van der Waals surface area contributed by atoms with Crippen molar-refractivity contribution >= 4 is 0 Å². The second-order valence-corrected chi connectivity index (χ2v) is 4.45. The minimum absolute atomic E-state index is 0.0753. The molecule has 0 saturated heterocycles. The van der Waals surface area contributed by atoms with Crippen LogP contribution >= 0.6 is 0 Å². The molecule has 0 aliphatic carbocycles. The molecule has 90 valence electrons. The van der Waals surface area contributed by atoms with Gasteiger partial charge in [0, 0.05) is 30.3 Å². The third-order valence-electron chi connectivity index (χ3n) is 2.51. The molecule has 0 bridgehead atoms. The van der Waals surface area contributed by atoms with Gasteiger partial charge in [0.15, 0.2) is 0 Å². The first-order valence-corrected chi connectivity index (χ1v) is 5.24.